The van der Waals surface area contributed by atoms with Gasteiger partial charge in [0.2, 0.25) is 0 Å². The minimum Gasteiger partial charge on any atom is -0.450 e. The second-order valence-electron chi connectivity index (χ2n) is 4.02. The highest BCUT2D eigenvalue weighted by Gasteiger charge is 2.25. The summed E-state index contributed by atoms with van der Waals surface area (Å²) in [5.74, 6) is -0.588. The Balaban J connectivity index is 2.29. The maximum absolute atomic E-state index is 11.4. The first-order valence-corrected chi connectivity index (χ1v) is 5.85. The maximum Gasteiger partial charge on any atom is 0.409 e. The van der Waals surface area contributed by atoms with Crippen LogP contribution < -0.4 is 5.32 Å². The van der Waals surface area contributed by atoms with E-state index in [1.165, 1.54) is 0 Å². The number of nitrogens with one attached hydrogen (secondary N) is 1. The van der Waals surface area contributed by atoms with Crippen molar-refractivity contribution in [2.45, 2.75) is 25.8 Å². The van der Waals surface area contributed by atoms with Crippen LogP contribution in [0.1, 0.15) is 19.8 Å². The van der Waals surface area contributed by atoms with Gasteiger partial charge in [0, 0.05) is 24.1 Å². The summed E-state index contributed by atoms with van der Waals surface area (Å²) in [6.45, 7) is 2.34. The van der Waals surface area contributed by atoms with Gasteiger partial charge in [-0.2, -0.15) is 0 Å². The highest BCUT2D eigenvalue weighted by molar-refractivity contribution is 5.77. The van der Waals surface area contributed by atoms with Crippen molar-refractivity contribution in [3.05, 3.63) is 10.1 Å². The third kappa shape index (κ3) is 4.56. The molecule has 102 valence electrons. The largest absolute Gasteiger partial charge is 0.450 e. The van der Waals surface area contributed by atoms with Crippen molar-refractivity contribution in [1.29, 1.82) is 0 Å². The quantitative estimate of drug-likeness (QED) is 0.565. The third-order valence-corrected chi connectivity index (χ3v) is 2.66. The van der Waals surface area contributed by atoms with Gasteiger partial charge >= 0.3 is 6.09 Å². The maximum atomic E-state index is 11.4. The van der Waals surface area contributed by atoms with Crippen molar-refractivity contribution >= 4 is 12.0 Å². The number of nitro groups is 1. The smallest absolute Gasteiger partial charge is 0.409 e. The van der Waals surface area contributed by atoms with Gasteiger partial charge in [-0.15, -0.1) is 0 Å². The van der Waals surface area contributed by atoms with Crippen molar-refractivity contribution < 1.29 is 19.2 Å². The number of likely N-dealkylation sites (tertiary alicyclic amines) is 1. The van der Waals surface area contributed by atoms with Crippen LogP contribution in [0.25, 0.3) is 0 Å². The van der Waals surface area contributed by atoms with E-state index >= 15 is 0 Å². The van der Waals surface area contributed by atoms with E-state index in [1.54, 1.807) is 11.8 Å². The first kappa shape index (κ1) is 14.2. The second kappa shape index (κ2) is 6.77. The molecule has 0 bridgehead atoms. The first-order chi connectivity index (χ1) is 8.52. The minimum atomic E-state index is -0.710. The Kier molecular flexibility index (Phi) is 5.34. The molecule has 1 saturated heterocycles. The summed E-state index contributed by atoms with van der Waals surface area (Å²) in [6, 6.07) is -0.108. The van der Waals surface area contributed by atoms with Crippen molar-refractivity contribution in [1.82, 2.24) is 10.2 Å². The van der Waals surface area contributed by atoms with Gasteiger partial charge in [0.25, 0.3) is 12.5 Å². The van der Waals surface area contributed by atoms with Crippen molar-refractivity contribution in [3.8, 4) is 0 Å². The molecule has 1 fully saturated rings. The Morgan fingerprint density at radius 3 is 2.56 bits per heavy atom. The van der Waals surface area contributed by atoms with E-state index in [1.807, 2.05) is 0 Å². The molecule has 0 aromatic rings. The lowest BCUT2D eigenvalue weighted by Gasteiger charge is -2.31. The van der Waals surface area contributed by atoms with E-state index in [2.05, 4.69) is 5.32 Å². The lowest BCUT2D eigenvalue weighted by atomic mass is 10.1. The minimum absolute atomic E-state index is 0.108. The fraction of sp³-hybridized carbons (Fsp3) is 0.800. The van der Waals surface area contributed by atoms with Gasteiger partial charge in [-0.25, -0.2) is 4.79 Å². The molecular weight excluding hydrogens is 242 g/mol. The van der Waals surface area contributed by atoms with Crippen molar-refractivity contribution in [2.75, 3.05) is 26.2 Å². The molecule has 1 heterocycles. The average Bonchev–Trinajstić information content (AvgIpc) is 2.29. The number of amides is 2. The lowest BCUT2D eigenvalue weighted by Crippen LogP contribution is -2.47. The lowest BCUT2D eigenvalue weighted by molar-refractivity contribution is -0.467. The molecule has 0 atom stereocenters. The zero-order valence-electron chi connectivity index (χ0n) is 10.3. The van der Waals surface area contributed by atoms with Gasteiger partial charge in [0.05, 0.1) is 6.61 Å². The fourth-order valence-corrected chi connectivity index (χ4v) is 1.81. The number of carbonyl (C=O) groups is 2. The van der Waals surface area contributed by atoms with E-state index in [0.29, 0.717) is 32.5 Å². The van der Waals surface area contributed by atoms with Crippen molar-refractivity contribution in [2.24, 2.45) is 0 Å². The summed E-state index contributed by atoms with van der Waals surface area (Å²) in [5.41, 5.74) is 0. The molecule has 0 aromatic carbocycles. The van der Waals surface area contributed by atoms with E-state index in [4.69, 9.17) is 4.74 Å². The Hall–Kier alpha value is -1.86. The molecule has 0 aromatic heterocycles. The fourth-order valence-electron chi connectivity index (χ4n) is 1.81. The average molecular weight is 259 g/mol. The predicted octanol–water partition coefficient (Wildman–Crippen LogP) is 0.000200. The molecule has 0 saturated carbocycles. The van der Waals surface area contributed by atoms with E-state index in [0.717, 1.165) is 0 Å². The van der Waals surface area contributed by atoms with Crippen LogP contribution in [0.4, 0.5) is 4.79 Å². The molecule has 0 radical (unpaired) electrons. The highest BCUT2D eigenvalue weighted by Crippen LogP contribution is 2.11. The third-order valence-electron chi connectivity index (χ3n) is 2.66. The van der Waals surface area contributed by atoms with Crippen LogP contribution in [0, 0.1) is 10.1 Å². The van der Waals surface area contributed by atoms with Crippen LogP contribution in [-0.2, 0) is 9.53 Å². The molecule has 8 nitrogen and oxygen atoms in total. The normalized spacial score (nSPS) is 16.2. The van der Waals surface area contributed by atoms with Gasteiger partial charge in [-0.1, -0.05) is 0 Å². The number of hydrogen-bond donors (Lipinski definition) is 1. The molecular formula is C10H17N3O5. The summed E-state index contributed by atoms with van der Waals surface area (Å²) in [4.78, 5) is 33.6. The SMILES string of the molecule is CCOC(=O)N1CCC(NC(=O)C[N+](=O)[O-])CC1. The van der Waals surface area contributed by atoms with E-state index < -0.39 is 17.4 Å². The number of carbonyl (C=O) groups excluding carboxylic acids is 2. The highest BCUT2D eigenvalue weighted by atomic mass is 16.6. The number of piperidine rings is 1. The standard InChI is InChI=1S/C10H17N3O5/c1-2-18-10(15)12-5-3-8(4-6-12)11-9(14)7-13(16)17/h8H,2-7H2,1H3,(H,11,14). The first-order valence-electron chi connectivity index (χ1n) is 5.85. The second-order valence-corrected chi connectivity index (χ2v) is 4.02. The molecule has 0 aliphatic carbocycles. The summed E-state index contributed by atoms with van der Waals surface area (Å²) in [6.07, 6.45) is 0.817. The van der Waals surface area contributed by atoms with Crippen molar-refractivity contribution in [3.63, 3.8) is 0 Å². The molecule has 0 spiro atoms. The number of ether oxygens (including phenoxy) is 1. The van der Waals surface area contributed by atoms with Gasteiger partial charge in [0.15, 0.2) is 0 Å². The zero-order valence-corrected chi connectivity index (χ0v) is 10.3. The number of rotatable bonds is 4. The van der Waals surface area contributed by atoms with Gasteiger partial charge < -0.3 is 15.0 Å². The monoisotopic (exact) mass is 259 g/mol. The number of nitrogens with zero attached hydrogens (tertiary/aromatic N) is 2. The predicted molar refractivity (Wildman–Crippen MR) is 61.6 cm³/mol. The molecule has 1 rings (SSSR count). The molecule has 1 N–H and O–H groups in total. The Labute approximate surface area is 104 Å². The molecule has 2 amide bonds. The summed E-state index contributed by atoms with van der Waals surface area (Å²) in [7, 11) is 0. The Bertz CT molecular complexity index is 325. The molecule has 1 aliphatic heterocycles. The van der Waals surface area contributed by atoms with Crippen LogP contribution in [0.2, 0.25) is 0 Å². The van der Waals surface area contributed by atoms with Crippen LogP contribution in [-0.4, -0.2) is 54.1 Å². The van der Waals surface area contributed by atoms with E-state index in [-0.39, 0.29) is 12.1 Å². The van der Waals surface area contributed by atoms with E-state index in [9.17, 15) is 19.7 Å². The summed E-state index contributed by atoms with van der Waals surface area (Å²) < 4.78 is 4.86. The number of hydrogen-bond acceptors (Lipinski definition) is 5. The Morgan fingerprint density at radius 2 is 2.06 bits per heavy atom. The van der Waals surface area contributed by atoms with Crippen LogP contribution in [0.15, 0.2) is 0 Å². The van der Waals surface area contributed by atoms with Crippen LogP contribution in [0.5, 0.6) is 0 Å². The molecule has 8 heteroatoms. The van der Waals surface area contributed by atoms with Gasteiger partial charge in [0.1, 0.15) is 0 Å². The zero-order chi connectivity index (χ0) is 13.5. The molecule has 0 unspecified atom stereocenters. The topological polar surface area (TPSA) is 102 Å². The molecule has 1 aliphatic rings. The summed E-state index contributed by atoms with van der Waals surface area (Å²) >= 11 is 0. The molecule has 18 heavy (non-hydrogen) atoms. The Morgan fingerprint density at radius 1 is 1.44 bits per heavy atom. The van der Waals surface area contributed by atoms with Gasteiger partial charge in [-0.3, -0.25) is 14.9 Å². The summed E-state index contributed by atoms with van der Waals surface area (Å²) in [5, 5.41) is 12.7. The van der Waals surface area contributed by atoms with Crippen LogP contribution >= 0.6 is 0 Å². The van der Waals surface area contributed by atoms with Gasteiger partial charge in [-0.05, 0) is 19.8 Å². The van der Waals surface area contributed by atoms with Crippen LogP contribution in [0.3, 0.4) is 0 Å².